The van der Waals surface area contributed by atoms with Gasteiger partial charge in [0.2, 0.25) is 11.2 Å². The second kappa shape index (κ2) is 6.68. The zero-order valence-corrected chi connectivity index (χ0v) is 11.6. The minimum Gasteiger partial charge on any atom is -0.463 e. The van der Waals surface area contributed by atoms with Crippen LogP contribution in [0.1, 0.15) is 18.9 Å². The van der Waals surface area contributed by atoms with Crippen molar-refractivity contribution in [2.24, 2.45) is 0 Å². The summed E-state index contributed by atoms with van der Waals surface area (Å²) >= 11 is 5.82. The molecule has 0 amide bonds. The van der Waals surface area contributed by atoms with Gasteiger partial charge in [-0.1, -0.05) is 19.1 Å². The molecule has 0 saturated carbocycles. The van der Waals surface area contributed by atoms with E-state index in [1.807, 2.05) is 6.92 Å². The quantitative estimate of drug-likeness (QED) is 0.911. The van der Waals surface area contributed by atoms with Crippen molar-refractivity contribution in [2.75, 3.05) is 11.9 Å². The van der Waals surface area contributed by atoms with Gasteiger partial charge in [0, 0.05) is 0 Å². The fourth-order valence-electron chi connectivity index (χ4n) is 1.46. The lowest BCUT2D eigenvalue weighted by molar-refractivity contribution is 0.292. The molecule has 0 aliphatic heterocycles. The van der Waals surface area contributed by atoms with Crippen molar-refractivity contribution in [1.29, 1.82) is 5.26 Å². The molecule has 0 atom stereocenters. The van der Waals surface area contributed by atoms with Crippen LogP contribution in [0.15, 0.2) is 24.3 Å². The van der Waals surface area contributed by atoms with Crippen molar-refractivity contribution >= 4 is 23.2 Å². The molecule has 1 heterocycles. The summed E-state index contributed by atoms with van der Waals surface area (Å²) in [5.41, 5.74) is 1.08. The largest absolute Gasteiger partial charge is 0.463 e. The lowest BCUT2D eigenvalue weighted by Crippen LogP contribution is -2.05. The minimum absolute atomic E-state index is 0.0306. The third-order valence-electron chi connectivity index (χ3n) is 2.32. The van der Waals surface area contributed by atoms with Crippen LogP contribution in [0.5, 0.6) is 6.01 Å². The minimum atomic E-state index is 0.0306. The van der Waals surface area contributed by atoms with Gasteiger partial charge in [0.05, 0.1) is 17.9 Å². The molecule has 0 fully saturated rings. The smallest absolute Gasteiger partial charge is 0.322 e. The van der Waals surface area contributed by atoms with Crippen molar-refractivity contribution in [1.82, 2.24) is 15.0 Å². The van der Waals surface area contributed by atoms with Gasteiger partial charge in [-0.2, -0.15) is 20.2 Å². The molecule has 20 heavy (non-hydrogen) atoms. The Labute approximate surface area is 121 Å². The maximum atomic E-state index is 9.03. The number of nitrogens with zero attached hydrogens (tertiary/aromatic N) is 4. The number of aromatic nitrogens is 3. The van der Waals surface area contributed by atoms with Gasteiger partial charge < -0.3 is 10.1 Å². The highest BCUT2D eigenvalue weighted by atomic mass is 35.5. The molecule has 2 aromatic rings. The van der Waals surface area contributed by atoms with E-state index >= 15 is 0 Å². The average Bonchev–Trinajstić information content (AvgIpc) is 2.45. The second-order valence-electron chi connectivity index (χ2n) is 3.84. The van der Waals surface area contributed by atoms with Crippen LogP contribution < -0.4 is 10.1 Å². The van der Waals surface area contributed by atoms with Crippen LogP contribution >= 0.6 is 11.6 Å². The summed E-state index contributed by atoms with van der Waals surface area (Å²) in [5.74, 6) is 0.235. The first-order valence-electron chi connectivity index (χ1n) is 6.03. The standard InChI is InChI=1S/C13H12ClN5O/c1-2-7-20-13-18-11(14)17-12(19-13)16-10-6-4-3-5-9(10)8-15/h3-6H,2,7H2,1H3,(H,16,17,18,19). The highest BCUT2D eigenvalue weighted by molar-refractivity contribution is 6.28. The summed E-state index contributed by atoms with van der Waals surface area (Å²) < 4.78 is 5.32. The van der Waals surface area contributed by atoms with Crippen molar-refractivity contribution < 1.29 is 4.74 Å². The molecule has 6 nitrogen and oxygen atoms in total. The Morgan fingerprint density at radius 1 is 1.30 bits per heavy atom. The maximum absolute atomic E-state index is 9.03. The molecule has 0 saturated heterocycles. The van der Waals surface area contributed by atoms with Gasteiger partial charge in [-0.05, 0) is 30.2 Å². The summed E-state index contributed by atoms with van der Waals surface area (Å²) in [6.07, 6.45) is 0.837. The first-order chi connectivity index (χ1) is 9.72. The summed E-state index contributed by atoms with van der Waals surface area (Å²) in [4.78, 5) is 11.9. The third-order valence-corrected chi connectivity index (χ3v) is 2.49. The number of nitrogens with one attached hydrogen (secondary N) is 1. The van der Waals surface area contributed by atoms with Gasteiger partial charge in [-0.3, -0.25) is 0 Å². The third kappa shape index (κ3) is 3.56. The van der Waals surface area contributed by atoms with Gasteiger partial charge >= 0.3 is 6.01 Å². The molecule has 1 aromatic heterocycles. The zero-order chi connectivity index (χ0) is 14.4. The predicted octanol–water partition coefficient (Wildman–Crippen LogP) is 2.93. The number of anilines is 2. The Kier molecular flexibility index (Phi) is 4.69. The number of nitriles is 1. The van der Waals surface area contributed by atoms with E-state index in [4.69, 9.17) is 21.6 Å². The molecule has 0 aliphatic carbocycles. The van der Waals surface area contributed by atoms with Crippen LogP contribution in [0.4, 0.5) is 11.6 Å². The number of rotatable bonds is 5. The predicted molar refractivity (Wildman–Crippen MR) is 75.1 cm³/mol. The molecule has 0 radical (unpaired) electrons. The van der Waals surface area contributed by atoms with Gasteiger partial charge in [0.1, 0.15) is 6.07 Å². The van der Waals surface area contributed by atoms with Crippen LogP contribution in [0, 0.1) is 11.3 Å². The fraction of sp³-hybridized carbons (Fsp3) is 0.231. The number of hydrogen-bond acceptors (Lipinski definition) is 6. The molecule has 0 unspecified atom stereocenters. The van der Waals surface area contributed by atoms with E-state index in [2.05, 4.69) is 26.3 Å². The zero-order valence-electron chi connectivity index (χ0n) is 10.8. The van der Waals surface area contributed by atoms with Gasteiger partial charge in [0.15, 0.2) is 0 Å². The molecule has 1 aromatic carbocycles. The number of ether oxygens (including phenoxy) is 1. The van der Waals surface area contributed by atoms with E-state index in [1.165, 1.54) is 0 Å². The van der Waals surface area contributed by atoms with Crippen molar-refractivity contribution in [2.45, 2.75) is 13.3 Å². The van der Waals surface area contributed by atoms with Crippen molar-refractivity contribution in [3.63, 3.8) is 0 Å². The number of para-hydroxylation sites is 1. The van der Waals surface area contributed by atoms with E-state index in [0.717, 1.165) is 6.42 Å². The number of hydrogen-bond donors (Lipinski definition) is 1. The molecule has 0 bridgehead atoms. The molecular formula is C13H12ClN5O. The van der Waals surface area contributed by atoms with Crippen LogP contribution in [0.25, 0.3) is 0 Å². The Morgan fingerprint density at radius 3 is 2.85 bits per heavy atom. The van der Waals surface area contributed by atoms with Gasteiger partial charge in [0.25, 0.3) is 0 Å². The van der Waals surface area contributed by atoms with Crippen LogP contribution in [-0.4, -0.2) is 21.6 Å². The SMILES string of the molecule is CCCOc1nc(Cl)nc(Nc2ccccc2C#N)n1. The number of halogens is 1. The van der Waals surface area contributed by atoms with Gasteiger partial charge in [-0.25, -0.2) is 0 Å². The second-order valence-corrected chi connectivity index (χ2v) is 4.18. The van der Waals surface area contributed by atoms with E-state index < -0.39 is 0 Å². The maximum Gasteiger partial charge on any atom is 0.322 e. The molecule has 1 N–H and O–H groups in total. The highest BCUT2D eigenvalue weighted by Gasteiger charge is 2.08. The lowest BCUT2D eigenvalue weighted by atomic mass is 10.2. The summed E-state index contributed by atoms with van der Waals surface area (Å²) in [6, 6.07) is 9.27. The van der Waals surface area contributed by atoms with Crippen molar-refractivity contribution in [3.05, 3.63) is 35.1 Å². The van der Waals surface area contributed by atoms with E-state index in [9.17, 15) is 0 Å². The molecule has 102 valence electrons. The Hall–Kier alpha value is -2.39. The van der Waals surface area contributed by atoms with Crippen molar-refractivity contribution in [3.8, 4) is 12.1 Å². The monoisotopic (exact) mass is 289 g/mol. The highest BCUT2D eigenvalue weighted by Crippen LogP contribution is 2.19. The Balaban J connectivity index is 2.25. The first kappa shape index (κ1) is 14.0. The Bertz CT molecular complexity index is 641. The first-order valence-corrected chi connectivity index (χ1v) is 6.41. The molecular weight excluding hydrogens is 278 g/mol. The molecule has 0 aliphatic rings. The number of benzene rings is 1. The van der Waals surface area contributed by atoms with E-state index in [-0.39, 0.29) is 17.2 Å². The van der Waals surface area contributed by atoms with E-state index in [0.29, 0.717) is 17.9 Å². The topological polar surface area (TPSA) is 83.7 Å². The summed E-state index contributed by atoms with van der Waals surface area (Å²) in [7, 11) is 0. The molecule has 7 heteroatoms. The average molecular weight is 290 g/mol. The molecule has 2 rings (SSSR count). The summed E-state index contributed by atoms with van der Waals surface area (Å²) in [6.45, 7) is 2.47. The van der Waals surface area contributed by atoms with Crippen LogP contribution in [0.3, 0.4) is 0 Å². The van der Waals surface area contributed by atoms with Gasteiger partial charge in [-0.15, -0.1) is 0 Å². The molecule has 0 spiro atoms. The Morgan fingerprint density at radius 2 is 2.10 bits per heavy atom. The van der Waals surface area contributed by atoms with Crippen LogP contribution in [-0.2, 0) is 0 Å². The van der Waals surface area contributed by atoms with E-state index in [1.54, 1.807) is 24.3 Å². The lowest BCUT2D eigenvalue weighted by Gasteiger charge is -2.08. The van der Waals surface area contributed by atoms with Crippen LogP contribution in [0.2, 0.25) is 5.28 Å². The fourth-order valence-corrected chi connectivity index (χ4v) is 1.61. The normalized spacial score (nSPS) is 9.85. The summed E-state index contributed by atoms with van der Waals surface area (Å²) in [5, 5.41) is 12.0.